The van der Waals surface area contributed by atoms with Crippen LogP contribution in [0.25, 0.3) is 0 Å². The van der Waals surface area contributed by atoms with Gasteiger partial charge in [-0.15, -0.1) is 0 Å². The minimum absolute atomic E-state index is 0.287. The number of hydrogen-bond acceptors (Lipinski definition) is 6. The van der Waals surface area contributed by atoms with Crippen LogP contribution in [0.4, 0.5) is 0 Å². The van der Waals surface area contributed by atoms with E-state index in [1.54, 1.807) is 14.1 Å². The van der Waals surface area contributed by atoms with Gasteiger partial charge in [-0.1, -0.05) is 6.07 Å². The van der Waals surface area contributed by atoms with Crippen LogP contribution in [0.5, 0.6) is 11.5 Å². The van der Waals surface area contributed by atoms with Crippen molar-refractivity contribution in [3.63, 3.8) is 0 Å². The van der Waals surface area contributed by atoms with E-state index in [1.165, 1.54) is 30.2 Å². The van der Waals surface area contributed by atoms with Crippen LogP contribution in [0.3, 0.4) is 0 Å². The summed E-state index contributed by atoms with van der Waals surface area (Å²) in [6, 6.07) is 3.00. The fourth-order valence-corrected chi connectivity index (χ4v) is 1.65. The number of aliphatic hydroxyl groups excluding tert-OH is 1. The number of carbonyl (C=O) groups excluding carboxylic acids is 1. The molecule has 0 spiro atoms. The van der Waals surface area contributed by atoms with Crippen molar-refractivity contribution >= 4 is 5.97 Å². The predicted molar refractivity (Wildman–Crippen MR) is 64.2 cm³/mol. The first kappa shape index (κ1) is 14.3. The van der Waals surface area contributed by atoms with Crippen LogP contribution in [-0.2, 0) is 9.53 Å². The molecule has 0 aliphatic heterocycles. The minimum Gasteiger partial charge on any atom is -0.504 e. The first-order chi connectivity index (χ1) is 8.38. The molecule has 3 N–H and O–H groups in total. The molecule has 2 unspecified atom stereocenters. The van der Waals surface area contributed by atoms with E-state index >= 15 is 0 Å². The van der Waals surface area contributed by atoms with Gasteiger partial charge < -0.3 is 20.1 Å². The van der Waals surface area contributed by atoms with Crippen LogP contribution in [0.15, 0.2) is 18.2 Å². The van der Waals surface area contributed by atoms with Crippen molar-refractivity contribution in [2.24, 2.45) is 0 Å². The highest BCUT2D eigenvalue weighted by atomic mass is 16.5. The average Bonchev–Trinajstić information content (AvgIpc) is 2.32. The van der Waals surface area contributed by atoms with Crippen LogP contribution in [-0.4, -0.2) is 53.4 Å². The number of methoxy groups -OCH3 is 1. The van der Waals surface area contributed by atoms with E-state index in [0.717, 1.165) is 0 Å². The topological polar surface area (TPSA) is 90.2 Å². The number of esters is 1. The Bertz CT molecular complexity index is 432. The molecule has 0 bridgehead atoms. The molecule has 0 radical (unpaired) electrons. The van der Waals surface area contributed by atoms with E-state index in [2.05, 4.69) is 4.74 Å². The van der Waals surface area contributed by atoms with Gasteiger partial charge in [0.25, 0.3) is 0 Å². The van der Waals surface area contributed by atoms with E-state index < -0.39 is 18.1 Å². The molecule has 0 aromatic heterocycles. The number of rotatable bonds is 4. The van der Waals surface area contributed by atoms with Gasteiger partial charge in [-0.3, -0.25) is 9.69 Å². The smallest absolute Gasteiger partial charge is 0.326 e. The standard InChI is InChI=1S/C12H17NO5/c1-13(2)10(12(17)18-3)11(16)7-4-5-8(14)9(15)6-7/h4-6,10-11,14-16H,1-3H3. The number of likely N-dealkylation sites (N-methyl/N-ethyl adjacent to an activating group) is 1. The lowest BCUT2D eigenvalue weighted by Crippen LogP contribution is -2.41. The summed E-state index contributed by atoms with van der Waals surface area (Å²) in [6.07, 6.45) is -1.17. The van der Waals surface area contributed by atoms with Gasteiger partial charge in [-0.25, -0.2) is 0 Å². The van der Waals surface area contributed by atoms with Crippen molar-refractivity contribution in [1.82, 2.24) is 4.90 Å². The highest BCUT2D eigenvalue weighted by Crippen LogP contribution is 2.30. The molecule has 0 saturated heterocycles. The Kier molecular flexibility index (Phi) is 4.52. The number of nitrogens with zero attached hydrogens (tertiary/aromatic N) is 1. The number of benzene rings is 1. The zero-order valence-corrected chi connectivity index (χ0v) is 10.5. The maximum absolute atomic E-state index is 11.6. The summed E-state index contributed by atoms with van der Waals surface area (Å²) in [6.45, 7) is 0. The summed E-state index contributed by atoms with van der Waals surface area (Å²) in [4.78, 5) is 13.1. The first-order valence-electron chi connectivity index (χ1n) is 5.32. The van der Waals surface area contributed by atoms with Crippen molar-refractivity contribution in [2.45, 2.75) is 12.1 Å². The van der Waals surface area contributed by atoms with Crippen LogP contribution in [0, 0.1) is 0 Å². The molecule has 1 rings (SSSR count). The Labute approximate surface area is 105 Å². The predicted octanol–water partition coefficient (Wildman–Crippen LogP) is 0.234. The largest absolute Gasteiger partial charge is 0.504 e. The highest BCUT2D eigenvalue weighted by molar-refractivity contribution is 5.76. The van der Waals surface area contributed by atoms with Gasteiger partial charge in [-0.2, -0.15) is 0 Å². The molecular formula is C12H17NO5. The maximum atomic E-state index is 11.6. The van der Waals surface area contributed by atoms with E-state index in [4.69, 9.17) is 0 Å². The molecule has 1 aromatic rings. The highest BCUT2D eigenvalue weighted by Gasteiger charge is 2.31. The third kappa shape index (κ3) is 2.91. The van der Waals surface area contributed by atoms with E-state index in [9.17, 15) is 20.1 Å². The minimum atomic E-state index is -1.17. The van der Waals surface area contributed by atoms with Crippen molar-refractivity contribution in [1.29, 1.82) is 0 Å². The molecular weight excluding hydrogens is 238 g/mol. The van der Waals surface area contributed by atoms with Crippen LogP contribution in [0.1, 0.15) is 11.7 Å². The van der Waals surface area contributed by atoms with Crippen LogP contribution < -0.4 is 0 Å². The number of phenolic OH excluding ortho intramolecular Hbond substituents is 2. The van der Waals surface area contributed by atoms with Gasteiger partial charge in [0.2, 0.25) is 0 Å². The second-order valence-electron chi connectivity index (χ2n) is 4.12. The average molecular weight is 255 g/mol. The number of hydrogen-bond donors (Lipinski definition) is 3. The van der Waals surface area contributed by atoms with Crippen molar-refractivity contribution in [3.8, 4) is 11.5 Å². The SMILES string of the molecule is COC(=O)C(C(O)c1ccc(O)c(O)c1)N(C)C. The van der Waals surface area contributed by atoms with Gasteiger partial charge in [-0.05, 0) is 31.8 Å². The van der Waals surface area contributed by atoms with Gasteiger partial charge in [0.05, 0.1) is 7.11 Å². The van der Waals surface area contributed by atoms with E-state index in [-0.39, 0.29) is 11.5 Å². The molecule has 18 heavy (non-hydrogen) atoms. The maximum Gasteiger partial charge on any atom is 0.326 e. The summed E-state index contributed by atoms with van der Waals surface area (Å²) in [5, 5.41) is 28.7. The summed E-state index contributed by atoms with van der Waals surface area (Å²) in [5.74, 6) is -1.22. The summed E-state index contributed by atoms with van der Waals surface area (Å²) in [7, 11) is 4.50. The molecule has 0 aliphatic carbocycles. The lowest BCUT2D eigenvalue weighted by molar-refractivity contribution is -0.150. The second kappa shape index (κ2) is 5.70. The number of aromatic hydroxyl groups is 2. The van der Waals surface area contributed by atoms with Crippen LogP contribution in [0.2, 0.25) is 0 Å². The third-order valence-electron chi connectivity index (χ3n) is 2.64. The Morgan fingerprint density at radius 3 is 2.33 bits per heavy atom. The molecule has 0 fully saturated rings. The molecule has 6 nitrogen and oxygen atoms in total. The summed E-state index contributed by atoms with van der Waals surface area (Å²) >= 11 is 0. The number of phenols is 2. The van der Waals surface area contributed by atoms with E-state index in [1.807, 2.05) is 0 Å². The Balaban J connectivity index is 3.05. The normalized spacial score (nSPS) is 14.3. The molecule has 0 saturated carbocycles. The number of ether oxygens (including phenoxy) is 1. The molecule has 100 valence electrons. The van der Waals surface area contributed by atoms with Gasteiger partial charge in [0.15, 0.2) is 11.5 Å². The van der Waals surface area contributed by atoms with Crippen molar-refractivity contribution in [3.05, 3.63) is 23.8 Å². The molecule has 6 heteroatoms. The van der Waals surface area contributed by atoms with Crippen LogP contribution >= 0.6 is 0 Å². The van der Waals surface area contributed by atoms with E-state index in [0.29, 0.717) is 5.56 Å². The molecule has 0 aliphatic rings. The summed E-state index contributed by atoms with van der Waals surface area (Å²) < 4.78 is 4.62. The lowest BCUT2D eigenvalue weighted by Gasteiger charge is -2.26. The lowest BCUT2D eigenvalue weighted by atomic mass is 10.0. The Hall–Kier alpha value is -1.79. The quantitative estimate of drug-likeness (QED) is 0.527. The summed E-state index contributed by atoms with van der Waals surface area (Å²) in [5.41, 5.74) is 0.314. The molecule has 0 amide bonds. The first-order valence-corrected chi connectivity index (χ1v) is 5.32. The third-order valence-corrected chi connectivity index (χ3v) is 2.64. The molecule has 0 heterocycles. The zero-order chi connectivity index (χ0) is 13.9. The monoisotopic (exact) mass is 255 g/mol. The second-order valence-corrected chi connectivity index (χ2v) is 4.12. The molecule has 1 aromatic carbocycles. The Morgan fingerprint density at radius 1 is 1.28 bits per heavy atom. The van der Waals surface area contributed by atoms with Gasteiger partial charge in [0.1, 0.15) is 12.1 Å². The van der Waals surface area contributed by atoms with Gasteiger partial charge >= 0.3 is 5.97 Å². The molecule has 2 atom stereocenters. The Morgan fingerprint density at radius 2 is 1.89 bits per heavy atom. The number of aliphatic hydroxyl groups is 1. The van der Waals surface area contributed by atoms with Crippen molar-refractivity contribution in [2.75, 3.05) is 21.2 Å². The fourth-order valence-electron chi connectivity index (χ4n) is 1.65. The van der Waals surface area contributed by atoms with Gasteiger partial charge in [0, 0.05) is 0 Å². The van der Waals surface area contributed by atoms with Crippen molar-refractivity contribution < 1.29 is 24.9 Å². The number of carbonyl (C=O) groups is 1. The zero-order valence-electron chi connectivity index (χ0n) is 10.5. The fraction of sp³-hybridized carbons (Fsp3) is 0.417.